The zero-order chi connectivity index (χ0) is 23.1. The maximum Gasteiger partial charge on any atom is 0.258 e. The zero-order valence-corrected chi connectivity index (χ0v) is 18.2. The van der Waals surface area contributed by atoms with Crippen LogP contribution in [-0.4, -0.2) is 41.5 Å². The number of hydrogen-bond donors (Lipinski definition) is 2. The van der Waals surface area contributed by atoms with Crippen LogP contribution >= 0.6 is 0 Å². The van der Waals surface area contributed by atoms with Gasteiger partial charge in [-0.1, -0.05) is 37.3 Å². The summed E-state index contributed by atoms with van der Waals surface area (Å²) < 4.78 is 20.6. The van der Waals surface area contributed by atoms with Gasteiger partial charge in [0.15, 0.2) is 11.5 Å². The normalized spacial score (nSPS) is 14.5. The first-order chi connectivity index (χ1) is 16.0. The average molecular weight is 446 g/mol. The average Bonchev–Trinajstić information content (AvgIpc) is 3.20. The van der Waals surface area contributed by atoms with E-state index in [1.54, 1.807) is 13.0 Å². The van der Waals surface area contributed by atoms with E-state index in [0.717, 1.165) is 28.3 Å². The van der Waals surface area contributed by atoms with Crippen LogP contribution in [0.15, 0.2) is 48.5 Å². The van der Waals surface area contributed by atoms with Crippen molar-refractivity contribution in [2.75, 3.05) is 19.6 Å². The fourth-order valence-electron chi connectivity index (χ4n) is 4.50. The number of amides is 2. The van der Waals surface area contributed by atoms with Crippen LogP contribution in [0.5, 0.6) is 17.2 Å². The highest BCUT2D eigenvalue weighted by Crippen LogP contribution is 2.47. The number of nitrogens with one attached hydrogen (secondary N) is 1. The molecule has 0 bridgehead atoms. The number of aryl methyl sites for hydroxylation is 1. The number of nitrogens with zero attached hydrogens (tertiary/aromatic N) is 1. The van der Waals surface area contributed by atoms with Gasteiger partial charge in [0.05, 0.1) is 12.1 Å². The Morgan fingerprint density at radius 3 is 2.79 bits per heavy atom. The lowest BCUT2D eigenvalue weighted by Gasteiger charge is -2.28. The number of fused-ring (bicyclic) bond motifs is 3. The summed E-state index contributed by atoms with van der Waals surface area (Å²) in [4.78, 5) is 26.8. The molecule has 2 amide bonds. The van der Waals surface area contributed by atoms with Gasteiger partial charge in [0, 0.05) is 24.7 Å². The van der Waals surface area contributed by atoms with Gasteiger partial charge in [-0.2, -0.15) is 0 Å². The number of ether oxygens (including phenoxy) is 1. The molecule has 6 nitrogen and oxygen atoms in total. The van der Waals surface area contributed by atoms with E-state index in [4.69, 9.17) is 4.74 Å². The first-order valence-corrected chi connectivity index (χ1v) is 11.0. The molecule has 0 spiro atoms. The number of benzene rings is 3. The summed E-state index contributed by atoms with van der Waals surface area (Å²) in [5, 5.41) is 13.2. The first kappa shape index (κ1) is 21.0. The molecule has 0 saturated carbocycles. The van der Waals surface area contributed by atoms with E-state index in [1.165, 1.54) is 11.0 Å². The Hall–Kier alpha value is -3.87. The largest absolute Gasteiger partial charge is 0.504 e. The van der Waals surface area contributed by atoms with Gasteiger partial charge in [-0.05, 0) is 47.2 Å². The van der Waals surface area contributed by atoms with E-state index >= 15 is 0 Å². The van der Waals surface area contributed by atoms with Crippen molar-refractivity contribution in [2.24, 2.45) is 0 Å². The van der Waals surface area contributed by atoms with Crippen molar-refractivity contribution < 1.29 is 23.8 Å². The van der Waals surface area contributed by atoms with Crippen molar-refractivity contribution in [3.63, 3.8) is 0 Å². The van der Waals surface area contributed by atoms with Gasteiger partial charge in [-0.15, -0.1) is 0 Å². The topological polar surface area (TPSA) is 78.9 Å². The summed E-state index contributed by atoms with van der Waals surface area (Å²) in [7, 11) is 0. The van der Waals surface area contributed by atoms with E-state index in [9.17, 15) is 19.1 Å². The molecule has 1 saturated heterocycles. The van der Waals surface area contributed by atoms with E-state index < -0.39 is 5.82 Å². The van der Waals surface area contributed by atoms with Gasteiger partial charge < -0.3 is 20.1 Å². The van der Waals surface area contributed by atoms with E-state index in [0.29, 0.717) is 31.5 Å². The number of halogens is 1. The van der Waals surface area contributed by atoms with E-state index in [1.807, 2.05) is 30.3 Å². The molecule has 0 aromatic heterocycles. The molecule has 1 fully saturated rings. The van der Waals surface area contributed by atoms with Crippen LogP contribution in [0.1, 0.15) is 34.0 Å². The highest BCUT2D eigenvalue weighted by atomic mass is 19.1. The molecule has 3 aromatic carbocycles. The predicted octanol–water partition coefficient (Wildman–Crippen LogP) is 4.03. The van der Waals surface area contributed by atoms with Crippen LogP contribution in [0.25, 0.3) is 11.1 Å². The lowest BCUT2D eigenvalue weighted by Crippen LogP contribution is -2.50. The number of piperazine rings is 1. The van der Waals surface area contributed by atoms with Crippen molar-refractivity contribution in [1.82, 2.24) is 10.2 Å². The SMILES string of the molecule is CCc1cc(O)c(Oc2c(C(=O)N3CCNC(=O)C3)ccc3c2-c2ccccc2C3)cc1F. The Morgan fingerprint density at radius 2 is 2.00 bits per heavy atom. The molecular weight excluding hydrogens is 423 g/mol. The molecule has 33 heavy (non-hydrogen) atoms. The van der Waals surface area contributed by atoms with Gasteiger partial charge in [0.25, 0.3) is 5.91 Å². The number of hydrogen-bond acceptors (Lipinski definition) is 4. The van der Waals surface area contributed by atoms with Crippen molar-refractivity contribution in [3.05, 3.63) is 76.6 Å². The molecule has 7 heteroatoms. The van der Waals surface area contributed by atoms with Crippen molar-refractivity contribution in [3.8, 4) is 28.4 Å². The molecule has 3 aromatic rings. The first-order valence-electron chi connectivity index (χ1n) is 11.0. The van der Waals surface area contributed by atoms with Crippen LogP contribution in [0.2, 0.25) is 0 Å². The van der Waals surface area contributed by atoms with Crippen LogP contribution < -0.4 is 10.1 Å². The quantitative estimate of drug-likeness (QED) is 0.496. The standard InChI is InChI=1S/C26H23FN2O4/c1-2-15-12-21(30)22(13-20(15)27)33-25-19(26(32)29-10-9-28-23(31)14-29)8-7-17-11-16-5-3-4-6-18(16)24(17)25/h3-8,12-13,30H,2,9-11,14H2,1H3,(H,28,31). The number of aromatic hydroxyl groups is 1. The third-order valence-electron chi connectivity index (χ3n) is 6.19. The maximum atomic E-state index is 14.5. The molecule has 0 atom stereocenters. The molecule has 1 heterocycles. The van der Waals surface area contributed by atoms with Gasteiger partial charge in [-0.25, -0.2) is 4.39 Å². The van der Waals surface area contributed by atoms with Crippen LogP contribution in [-0.2, 0) is 17.6 Å². The second kappa shape index (κ2) is 8.24. The second-order valence-corrected chi connectivity index (χ2v) is 8.25. The molecule has 1 aliphatic carbocycles. The molecule has 1 aliphatic heterocycles. The van der Waals surface area contributed by atoms with Gasteiger partial charge in [0.2, 0.25) is 5.91 Å². The Morgan fingerprint density at radius 1 is 1.18 bits per heavy atom. The Bertz CT molecular complexity index is 1290. The van der Waals surface area contributed by atoms with Crippen molar-refractivity contribution in [2.45, 2.75) is 19.8 Å². The summed E-state index contributed by atoms with van der Waals surface area (Å²) in [5.74, 6) is -1.07. The minimum Gasteiger partial charge on any atom is -0.504 e. The van der Waals surface area contributed by atoms with E-state index in [-0.39, 0.29) is 41.2 Å². The fraction of sp³-hybridized carbons (Fsp3) is 0.231. The molecule has 0 unspecified atom stereocenters. The summed E-state index contributed by atoms with van der Waals surface area (Å²) in [6.45, 7) is 2.50. The highest BCUT2D eigenvalue weighted by molar-refractivity contribution is 6.02. The number of carbonyl (C=O) groups is 2. The predicted molar refractivity (Wildman–Crippen MR) is 121 cm³/mol. The van der Waals surface area contributed by atoms with Gasteiger partial charge >= 0.3 is 0 Å². The monoisotopic (exact) mass is 446 g/mol. The fourth-order valence-corrected chi connectivity index (χ4v) is 4.50. The van der Waals surface area contributed by atoms with Crippen LogP contribution in [0, 0.1) is 5.82 Å². The third-order valence-corrected chi connectivity index (χ3v) is 6.19. The second-order valence-electron chi connectivity index (χ2n) is 8.25. The zero-order valence-electron chi connectivity index (χ0n) is 18.2. The molecule has 2 N–H and O–H groups in total. The molecule has 2 aliphatic rings. The number of carbonyl (C=O) groups excluding carboxylic acids is 2. The Labute approximate surface area is 190 Å². The summed E-state index contributed by atoms with van der Waals surface area (Å²) in [6.07, 6.45) is 1.10. The number of phenols is 1. The highest BCUT2D eigenvalue weighted by Gasteiger charge is 2.31. The third kappa shape index (κ3) is 3.69. The van der Waals surface area contributed by atoms with E-state index in [2.05, 4.69) is 5.32 Å². The maximum absolute atomic E-state index is 14.5. The van der Waals surface area contributed by atoms with Gasteiger partial charge in [0.1, 0.15) is 11.6 Å². The van der Waals surface area contributed by atoms with Crippen LogP contribution in [0.3, 0.4) is 0 Å². The van der Waals surface area contributed by atoms with Crippen molar-refractivity contribution in [1.29, 1.82) is 0 Å². The lowest BCUT2D eigenvalue weighted by atomic mass is 10.00. The molecule has 5 rings (SSSR count). The number of rotatable bonds is 4. The molecular formula is C26H23FN2O4. The Balaban J connectivity index is 1.65. The van der Waals surface area contributed by atoms with Crippen molar-refractivity contribution >= 4 is 11.8 Å². The molecule has 0 radical (unpaired) electrons. The van der Waals surface area contributed by atoms with Gasteiger partial charge in [-0.3, -0.25) is 9.59 Å². The minimum absolute atomic E-state index is 0.0446. The lowest BCUT2D eigenvalue weighted by molar-refractivity contribution is -0.123. The molecule has 168 valence electrons. The van der Waals surface area contributed by atoms with Crippen LogP contribution in [0.4, 0.5) is 4.39 Å². The summed E-state index contributed by atoms with van der Waals surface area (Å²) in [5.41, 5.74) is 4.38. The minimum atomic E-state index is -0.487. The summed E-state index contributed by atoms with van der Waals surface area (Å²) >= 11 is 0. The Kier molecular flexibility index (Phi) is 5.24. The smallest absolute Gasteiger partial charge is 0.258 e. The number of phenolic OH excluding ortho intramolecular Hbond substituents is 1. The summed E-state index contributed by atoms with van der Waals surface area (Å²) in [6, 6.07) is 13.9.